The van der Waals surface area contributed by atoms with E-state index in [-0.39, 0.29) is 24.4 Å². The van der Waals surface area contributed by atoms with Crippen LogP contribution in [-0.4, -0.2) is 65.5 Å². The molecule has 0 aliphatic carbocycles. The van der Waals surface area contributed by atoms with Gasteiger partial charge in [0.1, 0.15) is 5.54 Å². The van der Waals surface area contributed by atoms with E-state index in [1.54, 1.807) is 16.7 Å². The number of rotatable bonds is 1. The molecule has 3 saturated heterocycles. The second-order valence-electron chi connectivity index (χ2n) is 5.08. The van der Waals surface area contributed by atoms with Crippen LogP contribution in [0.5, 0.6) is 0 Å². The molecule has 4 amide bonds. The molecule has 3 rings (SSSR count). The molecule has 19 heavy (non-hydrogen) atoms. The van der Waals surface area contributed by atoms with E-state index in [1.807, 2.05) is 0 Å². The lowest BCUT2D eigenvalue weighted by Crippen LogP contribution is -2.53. The van der Waals surface area contributed by atoms with E-state index < -0.39 is 11.6 Å². The molecule has 0 bridgehead atoms. The average Bonchev–Trinajstić information content (AvgIpc) is 2.95. The summed E-state index contributed by atoms with van der Waals surface area (Å²) in [6.07, 6.45) is 0.482. The number of nitrogens with zero attached hydrogens (tertiary/aromatic N) is 1. The minimum Gasteiger partial charge on any atom is -0.338 e. The summed E-state index contributed by atoms with van der Waals surface area (Å²) >= 11 is 1.76. The van der Waals surface area contributed by atoms with Gasteiger partial charge in [-0.25, -0.2) is 4.79 Å². The number of nitrogens with one attached hydrogen (secondary N) is 3. The van der Waals surface area contributed by atoms with Gasteiger partial charge in [0, 0.05) is 24.6 Å². The summed E-state index contributed by atoms with van der Waals surface area (Å²) in [7, 11) is 0. The van der Waals surface area contributed by atoms with Gasteiger partial charge in [-0.2, -0.15) is 11.8 Å². The Hall–Kier alpha value is -1.28. The third kappa shape index (κ3) is 2.18. The monoisotopic (exact) mass is 284 g/mol. The molecule has 0 saturated carbocycles. The molecule has 3 aliphatic rings. The van der Waals surface area contributed by atoms with Crippen molar-refractivity contribution in [1.82, 2.24) is 20.9 Å². The summed E-state index contributed by atoms with van der Waals surface area (Å²) in [6.45, 7) is 1.61. The number of carbonyl (C=O) groups excluding carboxylic acids is 3. The second-order valence-corrected chi connectivity index (χ2v) is 6.23. The van der Waals surface area contributed by atoms with Crippen LogP contribution in [-0.2, 0) is 9.59 Å². The summed E-state index contributed by atoms with van der Waals surface area (Å²) in [5, 5.41) is 8.08. The number of hydrogen-bond acceptors (Lipinski definition) is 5. The van der Waals surface area contributed by atoms with E-state index in [0.29, 0.717) is 13.0 Å². The Morgan fingerprint density at radius 3 is 2.89 bits per heavy atom. The maximum absolute atomic E-state index is 12.3. The van der Waals surface area contributed by atoms with Gasteiger partial charge in [0.15, 0.2) is 0 Å². The van der Waals surface area contributed by atoms with Gasteiger partial charge >= 0.3 is 6.03 Å². The lowest BCUT2D eigenvalue weighted by molar-refractivity contribution is -0.132. The minimum atomic E-state index is -0.908. The minimum absolute atomic E-state index is 0.0259. The van der Waals surface area contributed by atoms with Crippen molar-refractivity contribution < 1.29 is 14.4 Å². The zero-order valence-corrected chi connectivity index (χ0v) is 11.2. The van der Waals surface area contributed by atoms with E-state index >= 15 is 0 Å². The first kappa shape index (κ1) is 12.7. The van der Waals surface area contributed by atoms with Crippen LogP contribution in [0.4, 0.5) is 4.79 Å². The normalized spacial score (nSPS) is 34.5. The summed E-state index contributed by atoms with van der Waals surface area (Å²) in [5.74, 6) is 1.49. The van der Waals surface area contributed by atoms with Gasteiger partial charge < -0.3 is 15.5 Å². The van der Waals surface area contributed by atoms with Gasteiger partial charge in [-0.15, -0.1) is 0 Å². The first-order chi connectivity index (χ1) is 9.11. The highest BCUT2D eigenvalue weighted by Gasteiger charge is 2.52. The molecule has 0 radical (unpaired) electrons. The van der Waals surface area contributed by atoms with Crippen molar-refractivity contribution >= 4 is 29.6 Å². The van der Waals surface area contributed by atoms with E-state index in [2.05, 4.69) is 16.0 Å². The fourth-order valence-corrected chi connectivity index (χ4v) is 3.68. The van der Waals surface area contributed by atoms with Crippen molar-refractivity contribution in [3.05, 3.63) is 0 Å². The Morgan fingerprint density at radius 2 is 2.26 bits per heavy atom. The Kier molecular flexibility index (Phi) is 3.14. The van der Waals surface area contributed by atoms with Crippen LogP contribution in [0.3, 0.4) is 0 Å². The van der Waals surface area contributed by atoms with E-state index in [0.717, 1.165) is 18.1 Å². The lowest BCUT2D eigenvalue weighted by atomic mass is 9.99. The zero-order chi connectivity index (χ0) is 13.5. The summed E-state index contributed by atoms with van der Waals surface area (Å²) in [5.41, 5.74) is -0.908. The van der Waals surface area contributed by atoms with Gasteiger partial charge in [-0.1, -0.05) is 0 Å². The summed E-state index contributed by atoms with van der Waals surface area (Å²) in [6, 6.07) is -0.639. The van der Waals surface area contributed by atoms with Crippen LogP contribution in [0, 0.1) is 0 Å². The molecule has 0 aromatic carbocycles. The lowest BCUT2D eigenvalue weighted by Gasteiger charge is -2.28. The third-order valence-corrected chi connectivity index (χ3v) is 4.88. The van der Waals surface area contributed by atoms with Crippen molar-refractivity contribution in [2.75, 3.05) is 31.1 Å². The largest absolute Gasteiger partial charge is 0.338 e. The molecule has 3 N–H and O–H groups in total. The van der Waals surface area contributed by atoms with Crippen molar-refractivity contribution in [1.29, 1.82) is 0 Å². The van der Waals surface area contributed by atoms with E-state index in [1.165, 1.54) is 0 Å². The number of hydrogen-bond donors (Lipinski definition) is 3. The van der Waals surface area contributed by atoms with Crippen LogP contribution in [0.2, 0.25) is 0 Å². The van der Waals surface area contributed by atoms with Gasteiger partial charge in [-0.3, -0.25) is 14.9 Å². The number of urea groups is 1. The third-order valence-electron chi connectivity index (χ3n) is 3.82. The SMILES string of the molecule is O=C1NC(=O)C2(CCN(C(=O)C3CSCCN3)C2)N1. The molecular weight excluding hydrogens is 268 g/mol. The van der Waals surface area contributed by atoms with Crippen LogP contribution in [0.1, 0.15) is 6.42 Å². The quantitative estimate of drug-likeness (QED) is 0.510. The molecule has 7 nitrogen and oxygen atoms in total. The Bertz CT molecular complexity index is 438. The molecular formula is C11H16N4O3S. The highest BCUT2D eigenvalue weighted by Crippen LogP contribution is 2.25. The summed E-state index contributed by atoms with van der Waals surface area (Å²) in [4.78, 5) is 37.0. The van der Waals surface area contributed by atoms with Gasteiger partial charge in [-0.05, 0) is 6.42 Å². The first-order valence-corrected chi connectivity index (χ1v) is 7.50. The van der Waals surface area contributed by atoms with E-state index in [9.17, 15) is 14.4 Å². The van der Waals surface area contributed by atoms with Crippen molar-refractivity contribution in [2.45, 2.75) is 18.0 Å². The molecule has 3 fully saturated rings. The van der Waals surface area contributed by atoms with Crippen LogP contribution in [0.25, 0.3) is 0 Å². The average molecular weight is 284 g/mol. The van der Waals surface area contributed by atoms with E-state index in [4.69, 9.17) is 0 Å². The predicted octanol–water partition coefficient (Wildman–Crippen LogP) is -1.50. The van der Waals surface area contributed by atoms with Gasteiger partial charge in [0.25, 0.3) is 5.91 Å². The molecule has 8 heteroatoms. The maximum atomic E-state index is 12.3. The van der Waals surface area contributed by atoms with Crippen LogP contribution < -0.4 is 16.0 Å². The standard InChI is InChI=1S/C11H16N4O3S/c16-8(7-5-19-4-2-12-7)15-3-1-11(6-15)9(17)13-10(18)14-11/h7,12H,1-6H2,(H2,13,14,17,18). The smallest absolute Gasteiger partial charge is 0.322 e. The Balaban J connectivity index is 1.67. The van der Waals surface area contributed by atoms with Crippen LogP contribution >= 0.6 is 11.8 Å². The first-order valence-electron chi connectivity index (χ1n) is 6.34. The fraction of sp³-hybridized carbons (Fsp3) is 0.727. The molecule has 2 atom stereocenters. The number of likely N-dealkylation sites (tertiary alicyclic amines) is 1. The molecule has 1 spiro atoms. The van der Waals surface area contributed by atoms with Crippen molar-refractivity contribution in [2.24, 2.45) is 0 Å². The molecule has 3 heterocycles. The van der Waals surface area contributed by atoms with Crippen molar-refractivity contribution in [3.63, 3.8) is 0 Å². The van der Waals surface area contributed by atoms with Crippen molar-refractivity contribution in [3.8, 4) is 0 Å². The molecule has 0 aromatic rings. The highest BCUT2D eigenvalue weighted by atomic mass is 32.2. The number of imide groups is 1. The van der Waals surface area contributed by atoms with Crippen LogP contribution in [0.15, 0.2) is 0 Å². The predicted molar refractivity (Wildman–Crippen MR) is 69.7 cm³/mol. The Morgan fingerprint density at radius 1 is 1.42 bits per heavy atom. The second kappa shape index (κ2) is 4.68. The number of thioether (sulfide) groups is 1. The zero-order valence-electron chi connectivity index (χ0n) is 10.4. The summed E-state index contributed by atoms with van der Waals surface area (Å²) < 4.78 is 0. The Labute approximate surface area is 114 Å². The topological polar surface area (TPSA) is 90.5 Å². The molecule has 0 aromatic heterocycles. The molecule has 3 aliphatic heterocycles. The number of amides is 4. The van der Waals surface area contributed by atoms with Gasteiger partial charge in [0.05, 0.1) is 12.6 Å². The molecule has 2 unspecified atom stereocenters. The molecule has 104 valence electrons. The maximum Gasteiger partial charge on any atom is 0.322 e. The highest BCUT2D eigenvalue weighted by molar-refractivity contribution is 7.99. The number of carbonyl (C=O) groups is 3. The van der Waals surface area contributed by atoms with Gasteiger partial charge in [0.2, 0.25) is 5.91 Å². The fourth-order valence-electron chi connectivity index (χ4n) is 2.76.